The molecule has 2 unspecified atom stereocenters. The Kier molecular flexibility index (Phi) is 4.62. The van der Waals surface area contributed by atoms with Crippen LogP contribution in [0.4, 0.5) is 5.13 Å². The molecule has 0 aromatic carbocycles. The number of thiazole rings is 1. The van der Waals surface area contributed by atoms with Crippen LogP contribution in [-0.4, -0.2) is 25.1 Å². The summed E-state index contributed by atoms with van der Waals surface area (Å²) >= 11 is 1.89. The molecule has 0 saturated heterocycles. The topological polar surface area (TPSA) is 28.2 Å². The molecule has 0 bridgehead atoms. The van der Waals surface area contributed by atoms with Crippen molar-refractivity contribution in [2.75, 3.05) is 19.0 Å². The highest BCUT2D eigenvalue weighted by Gasteiger charge is 2.25. The van der Waals surface area contributed by atoms with Gasteiger partial charge in [0.2, 0.25) is 0 Å². The second kappa shape index (κ2) is 6.02. The van der Waals surface area contributed by atoms with Crippen molar-refractivity contribution in [1.82, 2.24) is 10.3 Å². The first kappa shape index (κ1) is 13.8. The molecule has 0 fully saturated rings. The molecule has 102 valence electrons. The smallest absolute Gasteiger partial charge is 0.185 e. The number of aromatic nitrogens is 1. The van der Waals surface area contributed by atoms with Crippen molar-refractivity contribution in [3.63, 3.8) is 0 Å². The van der Waals surface area contributed by atoms with E-state index in [1.54, 1.807) is 0 Å². The summed E-state index contributed by atoms with van der Waals surface area (Å²) in [6, 6.07) is 1.05. The molecule has 0 spiro atoms. The number of hydrogen-bond donors (Lipinski definition) is 1. The molecule has 2 rings (SSSR count). The summed E-state index contributed by atoms with van der Waals surface area (Å²) < 4.78 is 0. The fraction of sp³-hybridized carbons (Fsp3) is 0.786. The zero-order valence-electron chi connectivity index (χ0n) is 12.0. The van der Waals surface area contributed by atoms with Gasteiger partial charge in [0.15, 0.2) is 5.13 Å². The standard InChI is InChI=1S/C14H25N3S/c1-5-7-10(2)17(4)14-16-13-11(15-3)8-6-9-12(13)18-14/h10-11,15H,5-9H2,1-4H3. The van der Waals surface area contributed by atoms with Crippen LogP contribution in [0.5, 0.6) is 0 Å². The van der Waals surface area contributed by atoms with Gasteiger partial charge in [-0.1, -0.05) is 13.3 Å². The Morgan fingerprint density at radius 2 is 2.33 bits per heavy atom. The van der Waals surface area contributed by atoms with Crippen LogP contribution in [0.25, 0.3) is 0 Å². The molecule has 1 N–H and O–H groups in total. The molecule has 1 aliphatic carbocycles. The van der Waals surface area contributed by atoms with E-state index in [1.807, 2.05) is 18.4 Å². The van der Waals surface area contributed by atoms with E-state index in [0.29, 0.717) is 12.1 Å². The van der Waals surface area contributed by atoms with Crippen molar-refractivity contribution in [2.45, 2.75) is 58.0 Å². The first-order valence-corrected chi connectivity index (χ1v) is 7.88. The normalized spacial score (nSPS) is 20.6. The lowest BCUT2D eigenvalue weighted by Gasteiger charge is -2.23. The van der Waals surface area contributed by atoms with E-state index in [9.17, 15) is 0 Å². The van der Waals surface area contributed by atoms with Crippen molar-refractivity contribution >= 4 is 16.5 Å². The monoisotopic (exact) mass is 267 g/mol. The number of hydrogen-bond acceptors (Lipinski definition) is 4. The molecule has 1 aromatic heterocycles. The largest absolute Gasteiger partial charge is 0.348 e. The Balaban J connectivity index is 2.18. The lowest BCUT2D eigenvalue weighted by molar-refractivity contribution is 0.489. The zero-order chi connectivity index (χ0) is 13.1. The maximum atomic E-state index is 4.89. The first-order chi connectivity index (χ1) is 8.67. The van der Waals surface area contributed by atoms with Gasteiger partial charge in [0.25, 0.3) is 0 Å². The van der Waals surface area contributed by atoms with Crippen LogP contribution in [0.3, 0.4) is 0 Å². The molecule has 3 nitrogen and oxygen atoms in total. The van der Waals surface area contributed by atoms with Gasteiger partial charge < -0.3 is 10.2 Å². The van der Waals surface area contributed by atoms with Crippen molar-refractivity contribution < 1.29 is 0 Å². The SMILES string of the molecule is CCCC(C)N(C)c1nc2c(s1)CCCC2NC. The van der Waals surface area contributed by atoms with Crippen molar-refractivity contribution in [3.05, 3.63) is 10.6 Å². The number of anilines is 1. The van der Waals surface area contributed by atoms with E-state index < -0.39 is 0 Å². The van der Waals surface area contributed by atoms with Gasteiger partial charge in [0.1, 0.15) is 0 Å². The van der Waals surface area contributed by atoms with Gasteiger partial charge in [0, 0.05) is 18.0 Å². The predicted octanol–water partition coefficient (Wildman–Crippen LogP) is 3.36. The molecule has 1 aliphatic rings. The van der Waals surface area contributed by atoms with Crippen LogP contribution in [0.2, 0.25) is 0 Å². The van der Waals surface area contributed by atoms with Crippen LogP contribution >= 0.6 is 11.3 Å². The second-order valence-electron chi connectivity index (χ2n) is 5.29. The van der Waals surface area contributed by atoms with Crippen molar-refractivity contribution in [1.29, 1.82) is 0 Å². The third-order valence-electron chi connectivity index (χ3n) is 3.96. The fourth-order valence-electron chi connectivity index (χ4n) is 2.64. The van der Waals surface area contributed by atoms with Crippen LogP contribution in [0, 0.1) is 0 Å². The molecule has 0 aliphatic heterocycles. The summed E-state index contributed by atoms with van der Waals surface area (Å²) in [5, 5.41) is 4.59. The number of nitrogens with one attached hydrogen (secondary N) is 1. The summed E-state index contributed by atoms with van der Waals surface area (Å²) in [6.07, 6.45) is 6.18. The van der Waals surface area contributed by atoms with Gasteiger partial charge in [-0.2, -0.15) is 0 Å². The van der Waals surface area contributed by atoms with Crippen LogP contribution in [0.15, 0.2) is 0 Å². The maximum absolute atomic E-state index is 4.89. The molecule has 1 heterocycles. The highest BCUT2D eigenvalue weighted by Crippen LogP contribution is 2.36. The molecule has 0 saturated carbocycles. The number of fused-ring (bicyclic) bond motifs is 1. The molecule has 18 heavy (non-hydrogen) atoms. The highest BCUT2D eigenvalue weighted by atomic mass is 32.1. The Morgan fingerprint density at radius 1 is 1.56 bits per heavy atom. The molecule has 0 amide bonds. The van der Waals surface area contributed by atoms with E-state index in [0.717, 1.165) is 0 Å². The van der Waals surface area contributed by atoms with Crippen molar-refractivity contribution in [2.24, 2.45) is 0 Å². The van der Waals surface area contributed by atoms with Gasteiger partial charge in [-0.25, -0.2) is 4.98 Å². The Hall–Kier alpha value is -0.610. The van der Waals surface area contributed by atoms with Gasteiger partial charge in [-0.3, -0.25) is 0 Å². The van der Waals surface area contributed by atoms with Crippen LogP contribution in [-0.2, 0) is 6.42 Å². The Labute approximate surface area is 115 Å². The molecular formula is C14H25N3S. The van der Waals surface area contributed by atoms with E-state index in [2.05, 4.69) is 31.1 Å². The fourth-order valence-corrected chi connectivity index (χ4v) is 3.86. The van der Waals surface area contributed by atoms with E-state index in [-0.39, 0.29) is 0 Å². The number of aryl methyl sites for hydroxylation is 1. The summed E-state index contributed by atoms with van der Waals surface area (Å²) in [7, 11) is 4.22. The summed E-state index contributed by atoms with van der Waals surface area (Å²) in [5.41, 5.74) is 1.30. The maximum Gasteiger partial charge on any atom is 0.185 e. The summed E-state index contributed by atoms with van der Waals surface area (Å²) in [6.45, 7) is 4.54. The number of rotatable bonds is 5. The average Bonchev–Trinajstić information content (AvgIpc) is 2.81. The summed E-state index contributed by atoms with van der Waals surface area (Å²) in [5.74, 6) is 0. The molecular weight excluding hydrogens is 242 g/mol. The predicted molar refractivity (Wildman–Crippen MR) is 79.6 cm³/mol. The average molecular weight is 267 g/mol. The number of nitrogens with zero attached hydrogens (tertiary/aromatic N) is 2. The van der Waals surface area contributed by atoms with Crippen molar-refractivity contribution in [3.8, 4) is 0 Å². The lowest BCUT2D eigenvalue weighted by Crippen LogP contribution is -2.28. The third-order valence-corrected chi connectivity index (χ3v) is 5.18. The molecule has 4 heteroatoms. The van der Waals surface area contributed by atoms with Gasteiger partial charge in [-0.05, 0) is 39.7 Å². The lowest BCUT2D eigenvalue weighted by atomic mass is 9.98. The van der Waals surface area contributed by atoms with E-state index in [1.165, 1.54) is 47.8 Å². The minimum Gasteiger partial charge on any atom is -0.348 e. The van der Waals surface area contributed by atoms with E-state index in [4.69, 9.17) is 4.98 Å². The first-order valence-electron chi connectivity index (χ1n) is 7.07. The summed E-state index contributed by atoms with van der Waals surface area (Å²) in [4.78, 5) is 8.73. The highest BCUT2D eigenvalue weighted by molar-refractivity contribution is 7.15. The molecule has 0 radical (unpaired) electrons. The second-order valence-corrected chi connectivity index (χ2v) is 6.35. The van der Waals surface area contributed by atoms with Crippen LogP contribution < -0.4 is 10.2 Å². The van der Waals surface area contributed by atoms with Gasteiger partial charge in [-0.15, -0.1) is 11.3 Å². The molecule has 2 atom stereocenters. The van der Waals surface area contributed by atoms with E-state index >= 15 is 0 Å². The quantitative estimate of drug-likeness (QED) is 0.886. The van der Waals surface area contributed by atoms with Gasteiger partial charge in [0.05, 0.1) is 11.7 Å². The van der Waals surface area contributed by atoms with Crippen LogP contribution in [0.1, 0.15) is 56.1 Å². The Morgan fingerprint density at radius 3 is 3.00 bits per heavy atom. The minimum atomic E-state index is 0.466. The third kappa shape index (κ3) is 2.69. The minimum absolute atomic E-state index is 0.466. The van der Waals surface area contributed by atoms with Gasteiger partial charge >= 0.3 is 0 Å². The Bertz CT molecular complexity index is 388. The molecule has 1 aromatic rings. The zero-order valence-corrected chi connectivity index (χ0v) is 12.8.